The minimum atomic E-state index is -3.48. The van der Waals surface area contributed by atoms with Crippen LogP contribution in [0.4, 0.5) is 0 Å². The molecule has 2 heterocycles. The Balaban J connectivity index is 2.21. The SMILES string of the molecule is CCCC1CCN(S(=O)(=O)c2cccnc2Cl)C1. The van der Waals surface area contributed by atoms with Crippen LogP contribution in [0.5, 0.6) is 0 Å². The maximum absolute atomic E-state index is 12.4. The van der Waals surface area contributed by atoms with E-state index in [0.717, 1.165) is 19.3 Å². The number of pyridine rings is 1. The van der Waals surface area contributed by atoms with Crippen molar-refractivity contribution in [2.75, 3.05) is 13.1 Å². The van der Waals surface area contributed by atoms with Crippen LogP contribution < -0.4 is 0 Å². The molecule has 1 saturated heterocycles. The Morgan fingerprint density at radius 3 is 3.00 bits per heavy atom. The summed E-state index contributed by atoms with van der Waals surface area (Å²) in [5, 5.41) is 0.0523. The summed E-state index contributed by atoms with van der Waals surface area (Å²) in [5.74, 6) is 0.472. The van der Waals surface area contributed by atoms with Crippen molar-refractivity contribution in [1.29, 1.82) is 0 Å². The molecule has 4 nitrogen and oxygen atoms in total. The van der Waals surface area contributed by atoms with Gasteiger partial charge in [0, 0.05) is 19.3 Å². The second-order valence-corrected chi connectivity index (χ2v) is 6.86. The molecule has 0 saturated carbocycles. The van der Waals surface area contributed by atoms with E-state index in [1.54, 1.807) is 6.07 Å². The van der Waals surface area contributed by atoms with Gasteiger partial charge in [-0.15, -0.1) is 0 Å². The lowest BCUT2D eigenvalue weighted by molar-refractivity contribution is 0.444. The zero-order valence-electron chi connectivity index (χ0n) is 10.3. The fourth-order valence-electron chi connectivity index (χ4n) is 2.36. The van der Waals surface area contributed by atoms with Crippen molar-refractivity contribution in [3.63, 3.8) is 0 Å². The topological polar surface area (TPSA) is 50.3 Å². The first-order chi connectivity index (χ1) is 8.55. The summed E-state index contributed by atoms with van der Waals surface area (Å²) in [5.41, 5.74) is 0. The predicted octanol–water partition coefficient (Wildman–Crippen LogP) is 2.55. The fourth-order valence-corrected chi connectivity index (χ4v) is 4.32. The van der Waals surface area contributed by atoms with E-state index >= 15 is 0 Å². The molecular weight excluding hydrogens is 272 g/mol. The summed E-state index contributed by atoms with van der Waals surface area (Å²) in [7, 11) is -3.48. The monoisotopic (exact) mass is 288 g/mol. The van der Waals surface area contributed by atoms with E-state index in [-0.39, 0.29) is 10.0 Å². The standard InChI is InChI=1S/C12H17ClN2O2S/c1-2-4-10-6-8-15(9-10)18(16,17)11-5-3-7-14-12(11)13/h3,5,7,10H,2,4,6,8-9H2,1H3. The van der Waals surface area contributed by atoms with E-state index in [9.17, 15) is 8.42 Å². The van der Waals surface area contributed by atoms with Crippen molar-refractivity contribution in [1.82, 2.24) is 9.29 Å². The molecular formula is C12H17ClN2O2S. The number of sulfonamides is 1. The Hall–Kier alpha value is -0.650. The Kier molecular flexibility index (Phi) is 4.25. The highest BCUT2D eigenvalue weighted by atomic mass is 35.5. The van der Waals surface area contributed by atoms with Gasteiger partial charge in [-0.3, -0.25) is 0 Å². The first-order valence-electron chi connectivity index (χ1n) is 6.16. The number of aromatic nitrogens is 1. The summed E-state index contributed by atoms with van der Waals surface area (Å²) in [6.45, 7) is 3.30. The smallest absolute Gasteiger partial charge is 0.243 e. The molecule has 1 unspecified atom stereocenters. The van der Waals surface area contributed by atoms with Crippen LogP contribution in [0.3, 0.4) is 0 Å². The first kappa shape index (κ1) is 13.8. The highest BCUT2D eigenvalue weighted by Crippen LogP contribution is 2.29. The van der Waals surface area contributed by atoms with Crippen LogP contribution in [0.2, 0.25) is 5.15 Å². The summed E-state index contributed by atoms with van der Waals surface area (Å²) >= 11 is 5.87. The second kappa shape index (κ2) is 5.55. The van der Waals surface area contributed by atoms with Gasteiger partial charge in [0.15, 0.2) is 0 Å². The average molecular weight is 289 g/mol. The molecule has 1 aromatic rings. The van der Waals surface area contributed by atoms with Crippen LogP contribution in [-0.2, 0) is 10.0 Å². The summed E-state index contributed by atoms with van der Waals surface area (Å²) in [6, 6.07) is 3.11. The molecule has 1 atom stereocenters. The van der Waals surface area contributed by atoms with Crippen molar-refractivity contribution in [3.05, 3.63) is 23.5 Å². The Bertz CT molecular complexity index is 519. The van der Waals surface area contributed by atoms with Gasteiger partial charge in [-0.05, 0) is 30.9 Å². The molecule has 18 heavy (non-hydrogen) atoms. The van der Waals surface area contributed by atoms with E-state index < -0.39 is 10.0 Å². The van der Waals surface area contributed by atoms with Crippen molar-refractivity contribution in [2.45, 2.75) is 31.1 Å². The van der Waals surface area contributed by atoms with Crippen molar-refractivity contribution in [2.24, 2.45) is 5.92 Å². The van der Waals surface area contributed by atoms with Crippen LogP contribution in [-0.4, -0.2) is 30.8 Å². The highest BCUT2D eigenvalue weighted by Gasteiger charge is 2.33. The molecule has 0 amide bonds. The number of hydrogen-bond acceptors (Lipinski definition) is 3. The van der Waals surface area contributed by atoms with Crippen molar-refractivity contribution >= 4 is 21.6 Å². The Labute approximate surface area is 113 Å². The van der Waals surface area contributed by atoms with E-state index in [1.807, 2.05) is 0 Å². The van der Waals surface area contributed by atoms with Gasteiger partial charge in [-0.25, -0.2) is 13.4 Å². The van der Waals surface area contributed by atoms with Gasteiger partial charge in [0.2, 0.25) is 10.0 Å². The third kappa shape index (κ3) is 2.68. The minimum Gasteiger partial charge on any atom is -0.243 e. The summed E-state index contributed by atoms with van der Waals surface area (Å²) < 4.78 is 26.3. The molecule has 0 aromatic carbocycles. The first-order valence-corrected chi connectivity index (χ1v) is 7.98. The van der Waals surface area contributed by atoms with Crippen LogP contribution in [0.1, 0.15) is 26.2 Å². The molecule has 1 aliphatic rings. The van der Waals surface area contributed by atoms with Gasteiger partial charge >= 0.3 is 0 Å². The largest absolute Gasteiger partial charge is 0.246 e. The van der Waals surface area contributed by atoms with Crippen molar-refractivity contribution < 1.29 is 8.42 Å². The Morgan fingerprint density at radius 1 is 1.56 bits per heavy atom. The zero-order valence-corrected chi connectivity index (χ0v) is 11.9. The lowest BCUT2D eigenvalue weighted by atomic mass is 10.0. The molecule has 6 heteroatoms. The third-order valence-electron chi connectivity index (χ3n) is 3.29. The lowest BCUT2D eigenvalue weighted by Gasteiger charge is -2.16. The van der Waals surface area contributed by atoms with Crippen LogP contribution in [0, 0.1) is 5.92 Å². The van der Waals surface area contributed by atoms with Crippen molar-refractivity contribution in [3.8, 4) is 0 Å². The van der Waals surface area contributed by atoms with Gasteiger partial charge in [0.05, 0.1) is 0 Å². The number of halogens is 1. The molecule has 0 spiro atoms. The molecule has 1 fully saturated rings. The van der Waals surface area contributed by atoms with E-state index in [0.29, 0.717) is 19.0 Å². The van der Waals surface area contributed by atoms with Gasteiger partial charge in [0.25, 0.3) is 0 Å². The highest BCUT2D eigenvalue weighted by molar-refractivity contribution is 7.89. The zero-order chi connectivity index (χ0) is 13.2. The molecule has 0 radical (unpaired) electrons. The number of hydrogen-bond donors (Lipinski definition) is 0. The average Bonchev–Trinajstić information content (AvgIpc) is 2.79. The fraction of sp³-hybridized carbons (Fsp3) is 0.583. The van der Waals surface area contributed by atoms with Gasteiger partial charge in [-0.1, -0.05) is 24.9 Å². The minimum absolute atomic E-state index is 0.0523. The van der Waals surface area contributed by atoms with Crippen LogP contribution >= 0.6 is 11.6 Å². The molecule has 0 aliphatic carbocycles. The van der Waals surface area contributed by atoms with Crippen LogP contribution in [0.15, 0.2) is 23.2 Å². The second-order valence-electron chi connectivity index (χ2n) is 4.60. The number of nitrogens with zero attached hydrogens (tertiary/aromatic N) is 2. The molecule has 0 bridgehead atoms. The predicted molar refractivity (Wildman–Crippen MR) is 71.0 cm³/mol. The van der Waals surface area contributed by atoms with Crippen LogP contribution in [0.25, 0.3) is 0 Å². The van der Waals surface area contributed by atoms with Gasteiger partial charge < -0.3 is 0 Å². The normalized spacial score (nSPS) is 21.3. The molecule has 0 N–H and O–H groups in total. The summed E-state index contributed by atoms with van der Waals surface area (Å²) in [6.07, 6.45) is 4.59. The summed E-state index contributed by atoms with van der Waals surface area (Å²) in [4.78, 5) is 3.95. The lowest BCUT2D eigenvalue weighted by Crippen LogP contribution is -2.29. The van der Waals surface area contributed by atoms with Gasteiger partial charge in [-0.2, -0.15) is 4.31 Å². The molecule has 100 valence electrons. The molecule has 2 rings (SSSR count). The van der Waals surface area contributed by atoms with Gasteiger partial charge in [0.1, 0.15) is 10.0 Å². The maximum atomic E-state index is 12.4. The van der Waals surface area contributed by atoms with E-state index in [1.165, 1.54) is 16.6 Å². The number of rotatable bonds is 4. The van der Waals surface area contributed by atoms with E-state index in [4.69, 9.17) is 11.6 Å². The molecule has 1 aromatic heterocycles. The maximum Gasteiger partial charge on any atom is 0.246 e. The third-order valence-corrected chi connectivity index (χ3v) is 5.60. The molecule has 1 aliphatic heterocycles. The quantitative estimate of drug-likeness (QED) is 0.800. The Morgan fingerprint density at radius 2 is 2.33 bits per heavy atom. The van der Waals surface area contributed by atoms with E-state index in [2.05, 4.69) is 11.9 Å².